The minimum absolute atomic E-state index is 0.105. The Morgan fingerprint density at radius 1 is 1.39 bits per heavy atom. The van der Waals surface area contributed by atoms with Crippen LogP contribution >= 0.6 is 0 Å². The summed E-state index contributed by atoms with van der Waals surface area (Å²) in [6.45, 7) is 6.09. The molecule has 0 saturated carbocycles. The lowest BCUT2D eigenvalue weighted by molar-refractivity contribution is -0.135. The molecule has 1 aliphatic heterocycles. The van der Waals surface area contributed by atoms with Crippen LogP contribution in [0.5, 0.6) is 0 Å². The van der Waals surface area contributed by atoms with Gasteiger partial charge in [-0.15, -0.1) is 0 Å². The van der Waals surface area contributed by atoms with Crippen molar-refractivity contribution in [2.24, 2.45) is 5.41 Å². The van der Waals surface area contributed by atoms with Crippen molar-refractivity contribution in [3.8, 4) is 5.69 Å². The van der Waals surface area contributed by atoms with Gasteiger partial charge in [0.25, 0.3) is 0 Å². The fraction of sp³-hybridized carbons (Fsp3) is 0.471. The number of hydrogen-bond acceptors (Lipinski definition) is 4. The van der Waals surface area contributed by atoms with Crippen LogP contribution in [0.25, 0.3) is 5.69 Å². The van der Waals surface area contributed by atoms with Gasteiger partial charge in [-0.2, -0.15) is 5.10 Å². The molecular formula is C17H22FN3O2. The number of benzene rings is 1. The maximum atomic E-state index is 13.1. The Morgan fingerprint density at radius 2 is 2.09 bits per heavy atom. The molecule has 1 aromatic carbocycles. The number of hydrogen-bond donors (Lipinski definition) is 2. The number of aliphatic hydroxyl groups excluding tert-OH is 1. The van der Waals surface area contributed by atoms with Crippen molar-refractivity contribution in [1.29, 1.82) is 0 Å². The topological polar surface area (TPSA) is 59.3 Å². The van der Waals surface area contributed by atoms with E-state index in [-0.39, 0.29) is 23.9 Å². The predicted molar refractivity (Wildman–Crippen MR) is 85.0 cm³/mol. The van der Waals surface area contributed by atoms with Crippen LogP contribution in [0.15, 0.2) is 30.5 Å². The van der Waals surface area contributed by atoms with Gasteiger partial charge in [0.15, 0.2) is 0 Å². The lowest BCUT2D eigenvalue weighted by atomic mass is 9.86. The molecule has 0 spiro atoms. The highest BCUT2D eigenvalue weighted by atomic mass is 19.1. The molecule has 1 saturated heterocycles. The van der Waals surface area contributed by atoms with Gasteiger partial charge in [0.2, 0.25) is 0 Å². The lowest BCUT2D eigenvalue weighted by Gasteiger charge is -2.40. The summed E-state index contributed by atoms with van der Waals surface area (Å²) in [5.41, 5.74) is 2.78. The highest BCUT2D eigenvalue weighted by molar-refractivity contribution is 5.35. The average Bonchev–Trinajstić information content (AvgIpc) is 2.89. The summed E-state index contributed by atoms with van der Waals surface area (Å²) in [6, 6.07) is 6.39. The van der Waals surface area contributed by atoms with Crippen LogP contribution in [0, 0.1) is 18.2 Å². The lowest BCUT2D eigenvalue weighted by Crippen LogP contribution is -2.52. The van der Waals surface area contributed by atoms with Crippen molar-refractivity contribution in [1.82, 2.24) is 15.1 Å². The molecule has 1 aromatic heterocycles. The molecule has 6 heteroatoms. The van der Waals surface area contributed by atoms with Crippen molar-refractivity contribution in [2.45, 2.75) is 19.9 Å². The molecule has 1 fully saturated rings. The third-order valence-corrected chi connectivity index (χ3v) is 4.52. The number of nitrogens with zero attached hydrogens (tertiary/aromatic N) is 2. The molecule has 1 atom stereocenters. The molecule has 2 N–H and O–H groups in total. The second-order valence-corrected chi connectivity index (χ2v) is 6.33. The first-order valence-electron chi connectivity index (χ1n) is 7.77. The van der Waals surface area contributed by atoms with Crippen LogP contribution in [-0.2, 0) is 4.74 Å². The van der Waals surface area contributed by atoms with Crippen molar-refractivity contribution in [3.05, 3.63) is 47.5 Å². The average molecular weight is 319 g/mol. The molecule has 1 unspecified atom stereocenters. The molecule has 5 nitrogen and oxygen atoms in total. The van der Waals surface area contributed by atoms with Gasteiger partial charge in [-0.3, -0.25) is 0 Å². The van der Waals surface area contributed by atoms with Crippen LogP contribution in [0.2, 0.25) is 0 Å². The summed E-state index contributed by atoms with van der Waals surface area (Å²) >= 11 is 0. The van der Waals surface area contributed by atoms with Gasteiger partial charge in [-0.05, 0) is 38.1 Å². The monoisotopic (exact) mass is 319 g/mol. The SMILES string of the molecule is Cc1c(C(C)NCC2(CO)COC2)cnn1-c1ccc(F)cc1. The van der Waals surface area contributed by atoms with Crippen LogP contribution < -0.4 is 5.32 Å². The van der Waals surface area contributed by atoms with Crippen LogP contribution in [0.1, 0.15) is 24.2 Å². The van der Waals surface area contributed by atoms with E-state index in [2.05, 4.69) is 17.3 Å². The zero-order chi connectivity index (χ0) is 16.4. The zero-order valence-electron chi connectivity index (χ0n) is 13.4. The Bertz CT molecular complexity index is 659. The minimum atomic E-state index is -0.258. The normalized spacial score (nSPS) is 17.7. The second-order valence-electron chi connectivity index (χ2n) is 6.33. The first-order chi connectivity index (χ1) is 11.0. The Kier molecular flexibility index (Phi) is 4.48. The van der Waals surface area contributed by atoms with Crippen LogP contribution in [0.4, 0.5) is 4.39 Å². The van der Waals surface area contributed by atoms with E-state index in [0.717, 1.165) is 16.9 Å². The Balaban J connectivity index is 1.72. The molecule has 0 aliphatic carbocycles. The molecular weight excluding hydrogens is 297 g/mol. The maximum absolute atomic E-state index is 13.1. The molecule has 2 aromatic rings. The van der Waals surface area contributed by atoms with E-state index in [0.29, 0.717) is 19.8 Å². The van der Waals surface area contributed by atoms with E-state index in [9.17, 15) is 9.50 Å². The summed E-state index contributed by atoms with van der Waals surface area (Å²) in [7, 11) is 0. The molecule has 0 amide bonds. The highest BCUT2D eigenvalue weighted by Crippen LogP contribution is 2.27. The zero-order valence-corrected chi connectivity index (χ0v) is 13.4. The van der Waals surface area contributed by atoms with Gasteiger partial charge in [-0.1, -0.05) is 0 Å². The Hall–Kier alpha value is -1.76. The molecule has 0 bridgehead atoms. The van der Waals surface area contributed by atoms with Gasteiger partial charge in [0, 0.05) is 23.8 Å². The summed E-state index contributed by atoms with van der Waals surface area (Å²) < 4.78 is 20.1. The number of nitrogens with one attached hydrogen (secondary N) is 1. The third-order valence-electron chi connectivity index (χ3n) is 4.52. The van der Waals surface area contributed by atoms with Crippen LogP contribution in [-0.4, -0.2) is 41.3 Å². The van der Waals surface area contributed by atoms with E-state index in [4.69, 9.17) is 4.74 Å². The number of ether oxygens (including phenoxy) is 1. The fourth-order valence-corrected chi connectivity index (χ4v) is 2.81. The molecule has 124 valence electrons. The standard InChI is InChI=1S/C17H22FN3O2/c1-12(19-8-17(9-22)10-23-11-17)16-7-20-21(13(16)2)15-5-3-14(18)4-6-15/h3-7,12,19,22H,8-11H2,1-2H3. The van der Waals surface area contributed by atoms with Crippen molar-refractivity contribution < 1.29 is 14.2 Å². The van der Waals surface area contributed by atoms with Gasteiger partial charge in [-0.25, -0.2) is 9.07 Å². The van der Waals surface area contributed by atoms with Gasteiger partial charge >= 0.3 is 0 Å². The molecule has 2 heterocycles. The maximum Gasteiger partial charge on any atom is 0.123 e. The van der Waals surface area contributed by atoms with E-state index < -0.39 is 0 Å². The largest absolute Gasteiger partial charge is 0.396 e. The van der Waals surface area contributed by atoms with E-state index in [1.54, 1.807) is 16.8 Å². The van der Waals surface area contributed by atoms with Gasteiger partial charge in [0.05, 0.1) is 37.1 Å². The number of aliphatic hydroxyl groups is 1. The first-order valence-corrected chi connectivity index (χ1v) is 7.77. The van der Waals surface area contributed by atoms with E-state index in [1.165, 1.54) is 12.1 Å². The molecule has 3 rings (SSSR count). The number of rotatable bonds is 6. The van der Waals surface area contributed by atoms with Gasteiger partial charge < -0.3 is 15.2 Å². The summed E-state index contributed by atoms with van der Waals surface area (Å²) in [4.78, 5) is 0. The van der Waals surface area contributed by atoms with Crippen molar-refractivity contribution >= 4 is 0 Å². The first kappa shape index (κ1) is 16.1. The Labute approximate surface area is 135 Å². The second kappa shape index (κ2) is 6.39. The quantitative estimate of drug-likeness (QED) is 0.855. The summed E-state index contributed by atoms with van der Waals surface area (Å²) in [6.07, 6.45) is 1.83. The fourth-order valence-electron chi connectivity index (χ4n) is 2.81. The van der Waals surface area contributed by atoms with E-state index >= 15 is 0 Å². The van der Waals surface area contributed by atoms with Gasteiger partial charge in [0.1, 0.15) is 5.82 Å². The Morgan fingerprint density at radius 3 is 2.65 bits per heavy atom. The van der Waals surface area contributed by atoms with Crippen molar-refractivity contribution in [3.63, 3.8) is 0 Å². The van der Waals surface area contributed by atoms with Crippen LogP contribution in [0.3, 0.4) is 0 Å². The third kappa shape index (κ3) is 3.15. The molecule has 23 heavy (non-hydrogen) atoms. The van der Waals surface area contributed by atoms with E-state index in [1.807, 2.05) is 13.1 Å². The number of aromatic nitrogens is 2. The number of halogens is 1. The summed E-state index contributed by atoms with van der Waals surface area (Å²) in [5, 5.41) is 17.4. The summed E-state index contributed by atoms with van der Waals surface area (Å²) in [5.74, 6) is -0.258. The molecule has 0 radical (unpaired) electrons. The smallest absolute Gasteiger partial charge is 0.123 e. The highest BCUT2D eigenvalue weighted by Gasteiger charge is 2.38. The molecule has 1 aliphatic rings. The predicted octanol–water partition coefficient (Wildman–Crippen LogP) is 1.98. The van der Waals surface area contributed by atoms with Crippen molar-refractivity contribution in [2.75, 3.05) is 26.4 Å². The minimum Gasteiger partial charge on any atom is -0.396 e.